The number of anilines is 1. The summed E-state index contributed by atoms with van der Waals surface area (Å²) < 4.78 is 1.75. The van der Waals surface area contributed by atoms with Crippen molar-refractivity contribution in [1.82, 2.24) is 15.1 Å². The summed E-state index contributed by atoms with van der Waals surface area (Å²) in [5.74, 6) is 0. The predicted octanol–water partition coefficient (Wildman–Crippen LogP) is 3.40. The van der Waals surface area contributed by atoms with Gasteiger partial charge in [-0.2, -0.15) is 5.10 Å². The molecule has 2 amide bonds. The van der Waals surface area contributed by atoms with Gasteiger partial charge in [-0.1, -0.05) is 23.2 Å². The largest absolute Gasteiger partial charge is 0.334 e. The fraction of sp³-hybridized carbons (Fsp3) is 0.231. The number of aromatic nitrogens is 2. The Morgan fingerprint density at radius 2 is 2.20 bits per heavy atom. The van der Waals surface area contributed by atoms with E-state index in [0.29, 0.717) is 22.3 Å². The average Bonchev–Trinajstić information content (AvgIpc) is 2.86. The lowest BCUT2D eigenvalue weighted by Gasteiger charge is -2.15. The summed E-state index contributed by atoms with van der Waals surface area (Å²) in [6.07, 6.45) is 3.54. The van der Waals surface area contributed by atoms with Crippen molar-refractivity contribution in [3.05, 3.63) is 46.7 Å². The van der Waals surface area contributed by atoms with Crippen LogP contribution in [0.15, 0.2) is 36.7 Å². The van der Waals surface area contributed by atoms with Crippen molar-refractivity contribution in [2.45, 2.75) is 19.5 Å². The molecular formula is C13H14Cl2N4O. The van der Waals surface area contributed by atoms with Crippen LogP contribution in [0.2, 0.25) is 10.0 Å². The maximum atomic E-state index is 11.8. The zero-order chi connectivity index (χ0) is 14.5. The van der Waals surface area contributed by atoms with Crippen molar-refractivity contribution >= 4 is 34.9 Å². The van der Waals surface area contributed by atoms with E-state index in [4.69, 9.17) is 23.2 Å². The van der Waals surface area contributed by atoms with Gasteiger partial charge < -0.3 is 10.6 Å². The van der Waals surface area contributed by atoms with Crippen LogP contribution in [0.25, 0.3) is 0 Å². The Balaban J connectivity index is 1.87. The summed E-state index contributed by atoms with van der Waals surface area (Å²) in [6, 6.07) is 6.39. The van der Waals surface area contributed by atoms with Crippen molar-refractivity contribution in [3.63, 3.8) is 0 Å². The normalized spacial score (nSPS) is 11.9. The van der Waals surface area contributed by atoms with Gasteiger partial charge in [-0.15, -0.1) is 0 Å². The highest BCUT2D eigenvalue weighted by Crippen LogP contribution is 2.24. The van der Waals surface area contributed by atoms with Crippen LogP contribution in [-0.2, 0) is 6.54 Å². The van der Waals surface area contributed by atoms with E-state index in [9.17, 15) is 4.79 Å². The van der Waals surface area contributed by atoms with Crippen LogP contribution in [0.4, 0.5) is 10.5 Å². The van der Waals surface area contributed by atoms with Gasteiger partial charge in [-0.3, -0.25) is 4.68 Å². The molecule has 106 valence electrons. The highest BCUT2D eigenvalue weighted by molar-refractivity contribution is 6.42. The van der Waals surface area contributed by atoms with Crippen LogP contribution in [0.5, 0.6) is 0 Å². The molecule has 0 unspecified atom stereocenters. The minimum Gasteiger partial charge on any atom is -0.334 e. The van der Waals surface area contributed by atoms with E-state index in [1.54, 1.807) is 29.1 Å². The van der Waals surface area contributed by atoms with E-state index in [1.807, 2.05) is 19.2 Å². The van der Waals surface area contributed by atoms with Gasteiger partial charge >= 0.3 is 6.03 Å². The molecule has 1 aromatic carbocycles. The molecule has 2 N–H and O–H groups in total. The number of nitrogens with one attached hydrogen (secondary N) is 2. The number of halogens is 2. The topological polar surface area (TPSA) is 59.0 Å². The molecule has 0 saturated carbocycles. The third kappa shape index (κ3) is 4.15. The molecule has 1 atom stereocenters. The van der Waals surface area contributed by atoms with Crippen LogP contribution < -0.4 is 10.6 Å². The highest BCUT2D eigenvalue weighted by atomic mass is 35.5. The van der Waals surface area contributed by atoms with Crippen molar-refractivity contribution in [3.8, 4) is 0 Å². The first-order chi connectivity index (χ1) is 9.54. The van der Waals surface area contributed by atoms with Gasteiger partial charge in [0.25, 0.3) is 0 Å². The molecule has 0 radical (unpaired) electrons. The van der Waals surface area contributed by atoms with Gasteiger partial charge in [0.15, 0.2) is 0 Å². The van der Waals surface area contributed by atoms with Crippen LogP contribution >= 0.6 is 23.2 Å². The Morgan fingerprint density at radius 3 is 2.85 bits per heavy atom. The summed E-state index contributed by atoms with van der Waals surface area (Å²) in [7, 11) is 0. The number of hydrogen-bond donors (Lipinski definition) is 2. The first-order valence-electron chi connectivity index (χ1n) is 6.04. The number of carbonyl (C=O) groups excluding carboxylic acids is 1. The van der Waals surface area contributed by atoms with E-state index >= 15 is 0 Å². The van der Waals surface area contributed by atoms with Crippen LogP contribution in [0.1, 0.15) is 6.92 Å². The number of hydrogen-bond acceptors (Lipinski definition) is 2. The summed E-state index contributed by atoms with van der Waals surface area (Å²) in [6.45, 7) is 2.50. The van der Waals surface area contributed by atoms with E-state index in [1.165, 1.54) is 0 Å². The number of benzene rings is 1. The first kappa shape index (κ1) is 14.7. The minimum absolute atomic E-state index is 0.0577. The number of urea groups is 1. The van der Waals surface area contributed by atoms with Crippen molar-refractivity contribution < 1.29 is 4.79 Å². The quantitative estimate of drug-likeness (QED) is 0.909. The highest BCUT2D eigenvalue weighted by Gasteiger charge is 2.09. The van der Waals surface area contributed by atoms with Gasteiger partial charge in [0.2, 0.25) is 0 Å². The van der Waals surface area contributed by atoms with Gasteiger partial charge in [0, 0.05) is 24.1 Å². The maximum Gasteiger partial charge on any atom is 0.319 e. The summed E-state index contributed by atoms with van der Waals surface area (Å²) in [4.78, 5) is 11.8. The predicted molar refractivity (Wildman–Crippen MR) is 80.3 cm³/mol. The van der Waals surface area contributed by atoms with Gasteiger partial charge in [-0.05, 0) is 31.2 Å². The lowest BCUT2D eigenvalue weighted by molar-refractivity contribution is 0.247. The zero-order valence-corrected chi connectivity index (χ0v) is 12.3. The van der Waals surface area contributed by atoms with E-state index < -0.39 is 0 Å². The molecule has 2 aromatic rings. The third-order valence-electron chi connectivity index (χ3n) is 2.58. The van der Waals surface area contributed by atoms with Gasteiger partial charge in [0.1, 0.15) is 0 Å². The Hall–Kier alpha value is -1.72. The first-order valence-corrected chi connectivity index (χ1v) is 6.80. The van der Waals surface area contributed by atoms with Gasteiger partial charge in [-0.25, -0.2) is 4.79 Å². The maximum absolute atomic E-state index is 11.8. The number of nitrogens with zero attached hydrogens (tertiary/aromatic N) is 2. The fourth-order valence-electron chi connectivity index (χ4n) is 1.70. The van der Waals surface area contributed by atoms with Gasteiger partial charge in [0.05, 0.1) is 16.6 Å². The molecule has 5 nitrogen and oxygen atoms in total. The number of rotatable bonds is 4. The monoisotopic (exact) mass is 312 g/mol. The Labute approximate surface area is 126 Å². The van der Waals surface area contributed by atoms with Crippen LogP contribution in [0, 0.1) is 0 Å². The molecule has 1 heterocycles. The van der Waals surface area contributed by atoms with Crippen LogP contribution in [-0.4, -0.2) is 21.9 Å². The minimum atomic E-state index is -0.303. The molecule has 0 aliphatic carbocycles. The number of carbonyl (C=O) groups is 1. The molecule has 0 aliphatic rings. The Kier molecular flexibility index (Phi) is 4.87. The Morgan fingerprint density at radius 1 is 1.40 bits per heavy atom. The molecule has 0 spiro atoms. The molecule has 2 rings (SSSR count). The molecule has 0 aliphatic heterocycles. The second-order valence-electron chi connectivity index (χ2n) is 4.36. The lowest BCUT2D eigenvalue weighted by atomic mass is 10.3. The second-order valence-corrected chi connectivity index (χ2v) is 5.17. The molecule has 0 bridgehead atoms. The van der Waals surface area contributed by atoms with Crippen LogP contribution in [0.3, 0.4) is 0 Å². The number of amides is 2. The van der Waals surface area contributed by atoms with E-state index in [-0.39, 0.29) is 12.1 Å². The summed E-state index contributed by atoms with van der Waals surface area (Å²) >= 11 is 11.7. The van der Waals surface area contributed by atoms with Crippen molar-refractivity contribution in [1.29, 1.82) is 0 Å². The molecule has 1 aromatic heterocycles. The van der Waals surface area contributed by atoms with E-state index in [2.05, 4.69) is 15.7 Å². The Bertz CT molecular complexity index is 586. The standard InChI is InChI=1S/C13H14Cl2N4O/c1-9(8-19-6-2-5-16-19)17-13(20)18-10-3-4-11(14)12(15)7-10/h2-7,9H,8H2,1H3,(H2,17,18,20)/t9-/m1/s1. The smallest absolute Gasteiger partial charge is 0.319 e. The van der Waals surface area contributed by atoms with E-state index in [0.717, 1.165) is 0 Å². The molecule has 20 heavy (non-hydrogen) atoms. The summed E-state index contributed by atoms with van der Waals surface area (Å²) in [5, 5.41) is 10.4. The molecule has 0 fully saturated rings. The molecule has 0 saturated heterocycles. The zero-order valence-electron chi connectivity index (χ0n) is 10.8. The second kappa shape index (κ2) is 6.63. The third-order valence-corrected chi connectivity index (χ3v) is 3.31. The SMILES string of the molecule is C[C@H](Cn1cccn1)NC(=O)Nc1ccc(Cl)c(Cl)c1. The fourth-order valence-corrected chi connectivity index (χ4v) is 2.00. The molecule has 7 heteroatoms. The van der Waals surface area contributed by atoms with Crippen molar-refractivity contribution in [2.75, 3.05) is 5.32 Å². The average molecular weight is 313 g/mol. The summed E-state index contributed by atoms with van der Waals surface area (Å²) in [5.41, 5.74) is 0.586. The lowest BCUT2D eigenvalue weighted by Crippen LogP contribution is -2.38. The van der Waals surface area contributed by atoms with Crippen molar-refractivity contribution in [2.24, 2.45) is 0 Å². The molecular weight excluding hydrogens is 299 g/mol.